The fourth-order valence-electron chi connectivity index (χ4n) is 3.22. The molecular formula is C22H37IN4O3. The highest BCUT2D eigenvalue weighted by atomic mass is 127. The Morgan fingerprint density at radius 2 is 2.03 bits per heavy atom. The normalized spacial score (nSPS) is 17.6. The summed E-state index contributed by atoms with van der Waals surface area (Å²) in [5, 5.41) is 6.31. The molecule has 30 heavy (non-hydrogen) atoms. The van der Waals surface area contributed by atoms with Crippen LogP contribution in [0.25, 0.3) is 0 Å². The Bertz CT molecular complexity index is 658. The molecule has 0 aromatic heterocycles. The Hall–Kier alpha value is -1.55. The third-order valence-electron chi connectivity index (χ3n) is 4.57. The molecule has 8 heteroatoms. The van der Waals surface area contributed by atoms with Gasteiger partial charge < -0.3 is 25.0 Å². The molecular weight excluding hydrogens is 495 g/mol. The number of nitrogens with zero attached hydrogens (tertiary/aromatic N) is 2. The van der Waals surface area contributed by atoms with Crippen LogP contribution in [0.4, 0.5) is 4.79 Å². The van der Waals surface area contributed by atoms with Crippen LogP contribution in [0.3, 0.4) is 0 Å². The maximum absolute atomic E-state index is 12.4. The lowest BCUT2D eigenvalue weighted by Crippen LogP contribution is -2.42. The molecule has 1 aromatic rings. The number of carbonyl (C=O) groups is 1. The zero-order valence-corrected chi connectivity index (χ0v) is 21.1. The van der Waals surface area contributed by atoms with E-state index in [2.05, 4.69) is 22.5 Å². The number of hydrogen-bond donors (Lipinski definition) is 2. The molecule has 0 bridgehead atoms. The number of amides is 1. The minimum atomic E-state index is -0.549. The molecule has 2 N–H and O–H groups in total. The number of carbonyl (C=O) groups excluding carboxylic acids is 1. The summed E-state index contributed by atoms with van der Waals surface area (Å²) in [7, 11) is 2.04. The molecule has 1 fully saturated rings. The van der Waals surface area contributed by atoms with E-state index in [0.29, 0.717) is 12.5 Å². The summed E-state index contributed by atoms with van der Waals surface area (Å²) in [5.41, 5.74) is 0.442. The third-order valence-corrected chi connectivity index (χ3v) is 4.57. The molecule has 1 aromatic carbocycles. The van der Waals surface area contributed by atoms with E-state index < -0.39 is 11.7 Å². The topological polar surface area (TPSA) is 75.2 Å². The van der Waals surface area contributed by atoms with Crippen molar-refractivity contribution in [2.24, 2.45) is 10.9 Å². The Morgan fingerprint density at radius 3 is 2.60 bits per heavy atom. The molecule has 1 saturated heterocycles. The predicted molar refractivity (Wildman–Crippen MR) is 132 cm³/mol. The van der Waals surface area contributed by atoms with Gasteiger partial charge in [-0.15, -0.1) is 24.0 Å². The van der Waals surface area contributed by atoms with Crippen LogP contribution in [0.2, 0.25) is 0 Å². The van der Waals surface area contributed by atoms with Gasteiger partial charge in [0, 0.05) is 32.7 Å². The molecule has 1 heterocycles. The summed E-state index contributed by atoms with van der Waals surface area (Å²) in [4.78, 5) is 19.3. The third kappa shape index (κ3) is 9.51. The molecule has 170 valence electrons. The van der Waals surface area contributed by atoms with Gasteiger partial charge in [-0.05, 0) is 39.7 Å². The first kappa shape index (κ1) is 26.5. The van der Waals surface area contributed by atoms with Gasteiger partial charge in [-0.25, -0.2) is 4.79 Å². The molecule has 1 amide bonds. The summed E-state index contributed by atoms with van der Waals surface area (Å²) in [6.45, 7) is 11.3. The van der Waals surface area contributed by atoms with Crippen molar-refractivity contribution >= 4 is 36.0 Å². The minimum absolute atomic E-state index is 0. The maximum Gasteiger partial charge on any atom is 0.408 e. The fraction of sp³-hybridized carbons (Fsp3) is 0.636. The van der Waals surface area contributed by atoms with Gasteiger partial charge in [-0.1, -0.05) is 30.3 Å². The lowest BCUT2D eigenvalue weighted by atomic mass is 10.1. The Morgan fingerprint density at radius 1 is 1.33 bits per heavy atom. The van der Waals surface area contributed by atoms with Crippen LogP contribution >= 0.6 is 24.0 Å². The van der Waals surface area contributed by atoms with E-state index in [0.717, 1.165) is 44.2 Å². The monoisotopic (exact) mass is 532 g/mol. The van der Waals surface area contributed by atoms with E-state index >= 15 is 0 Å². The Balaban J connectivity index is 0.00000450. The van der Waals surface area contributed by atoms with Crippen molar-refractivity contribution in [3.63, 3.8) is 0 Å². The maximum atomic E-state index is 12.4. The largest absolute Gasteiger partial charge is 0.444 e. The van der Waals surface area contributed by atoms with E-state index in [1.54, 1.807) is 0 Å². The van der Waals surface area contributed by atoms with Crippen molar-refractivity contribution in [1.82, 2.24) is 15.5 Å². The smallest absolute Gasteiger partial charge is 0.408 e. The van der Waals surface area contributed by atoms with Crippen LogP contribution in [0.15, 0.2) is 35.3 Å². The lowest BCUT2D eigenvalue weighted by molar-refractivity contribution is 0.0505. The summed E-state index contributed by atoms with van der Waals surface area (Å²) < 4.78 is 10.9. The quantitative estimate of drug-likeness (QED) is 0.318. The summed E-state index contributed by atoms with van der Waals surface area (Å²) in [5.74, 6) is 1.35. The van der Waals surface area contributed by atoms with Gasteiger partial charge in [0.25, 0.3) is 0 Å². The van der Waals surface area contributed by atoms with Gasteiger partial charge >= 0.3 is 6.09 Å². The van der Waals surface area contributed by atoms with Gasteiger partial charge in [0.15, 0.2) is 5.96 Å². The number of nitrogens with one attached hydrogen (secondary N) is 2. The summed E-state index contributed by atoms with van der Waals surface area (Å²) in [6.07, 6.45) is 0.638. The molecule has 2 unspecified atom stereocenters. The highest BCUT2D eigenvalue weighted by Gasteiger charge is 2.22. The molecule has 0 aliphatic carbocycles. The van der Waals surface area contributed by atoms with Crippen LogP contribution < -0.4 is 10.6 Å². The van der Waals surface area contributed by atoms with Gasteiger partial charge in [0.1, 0.15) is 5.60 Å². The van der Waals surface area contributed by atoms with Crippen LogP contribution in [0.5, 0.6) is 0 Å². The van der Waals surface area contributed by atoms with E-state index in [1.165, 1.54) is 0 Å². The van der Waals surface area contributed by atoms with Crippen LogP contribution in [0, 0.1) is 5.92 Å². The molecule has 7 nitrogen and oxygen atoms in total. The first-order valence-corrected chi connectivity index (χ1v) is 10.4. The molecule has 1 aliphatic rings. The van der Waals surface area contributed by atoms with Gasteiger partial charge in [0.2, 0.25) is 0 Å². The number of rotatable bonds is 7. The van der Waals surface area contributed by atoms with E-state index in [-0.39, 0.29) is 30.0 Å². The highest BCUT2D eigenvalue weighted by Crippen LogP contribution is 2.16. The zero-order valence-electron chi connectivity index (χ0n) is 18.8. The first-order valence-electron chi connectivity index (χ1n) is 10.4. The fourth-order valence-corrected chi connectivity index (χ4v) is 3.22. The van der Waals surface area contributed by atoms with Crippen molar-refractivity contribution in [2.75, 3.05) is 39.9 Å². The van der Waals surface area contributed by atoms with E-state index in [9.17, 15) is 4.79 Å². The molecule has 0 radical (unpaired) electrons. The average molecular weight is 532 g/mol. The van der Waals surface area contributed by atoms with Crippen LogP contribution in [-0.4, -0.2) is 62.4 Å². The van der Waals surface area contributed by atoms with Crippen LogP contribution in [0.1, 0.15) is 45.7 Å². The van der Waals surface area contributed by atoms with Crippen LogP contribution in [-0.2, 0) is 9.47 Å². The number of guanidine groups is 1. The Labute approximate surface area is 198 Å². The SMILES string of the molecule is CCNC(=NCC(NC(=O)OC(C)(C)C)c1ccccc1)N(C)CC1CCOC1.I. The van der Waals surface area contributed by atoms with Gasteiger partial charge in [0.05, 0.1) is 19.2 Å². The molecule has 1 aliphatic heterocycles. The van der Waals surface area contributed by atoms with Crippen molar-refractivity contribution in [2.45, 2.75) is 45.8 Å². The van der Waals surface area contributed by atoms with Crippen molar-refractivity contribution < 1.29 is 14.3 Å². The summed E-state index contributed by atoms with van der Waals surface area (Å²) in [6, 6.07) is 9.58. The highest BCUT2D eigenvalue weighted by molar-refractivity contribution is 14.0. The predicted octanol–water partition coefficient (Wildman–Crippen LogP) is 3.80. The summed E-state index contributed by atoms with van der Waals surface area (Å²) >= 11 is 0. The second kappa shape index (κ2) is 13.0. The number of ether oxygens (including phenoxy) is 2. The molecule has 2 atom stereocenters. The van der Waals surface area contributed by atoms with Crippen molar-refractivity contribution in [1.29, 1.82) is 0 Å². The first-order chi connectivity index (χ1) is 13.8. The minimum Gasteiger partial charge on any atom is -0.444 e. The number of hydrogen-bond acceptors (Lipinski definition) is 4. The lowest BCUT2D eigenvalue weighted by Gasteiger charge is -2.26. The standard InChI is InChI=1S/C22H36N4O3.HI/c1-6-23-20(26(5)15-17-12-13-28-16-17)24-14-19(18-10-8-7-9-11-18)25-21(27)29-22(2,3)4;/h7-11,17,19H,6,12-16H2,1-5H3,(H,23,24)(H,25,27);1H. The second-order valence-electron chi connectivity index (χ2n) is 8.41. The zero-order chi connectivity index (χ0) is 21.3. The van der Waals surface area contributed by atoms with Crippen molar-refractivity contribution in [3.05, 3.63) is 35.9 Å². The van der Waals surface area contributed by atoms with E-state index in [4.69, 9.17) is 14.5 Å². The average Bonchev–Trinajstić information content (AvgIpc) is 3.16. The van der Waals surface area contributed by atoms with E-state index in [1.807, 2.05) is 58.2 Å². The van der Waals surface area contributed by atoms with Crippen molar-refractivity contribution in [3.8, 4) is 0 Å². The number of aliphatic imine (C=N–C) groups is 1. The van der Waals surface area contributed by atoms with Gasteiger partial charge in [-0.3, -0.25) is 4.99 Å². The molecule has 0 spiro atoms. The number of benzene rings is 1. The Kier molecular flexibility index (Phi) is 11.5. The second-order valence-corrected chi connectivity index (χ2v) is 8.41. The number of halogens is 1. The molecule has 2 rings (SSSR count). The number of alkyl carbamates (subject to hydrolysis) is 1. The van der Waals surface area contributed by atoms with Gasteiger partial charge in [-0.2, -0.15) is 0 Å². The molecule has 0 saturated carbocycles.